The highest BCUT2D eigenvalue weighted by atomic mass is 16.5. The van der Waals surface area contributed by atoms with E-state index < -0.39 is 11.9 Å². The van der Waals surface area contributed by atoms with E-state index >= 15 is 0 Å². The first kappa shape index (κ1) is 18.9. The minimum Gasteiger partial charge on any atom is -0.481 e. The van der Waals surface area contributed by atoms with E-state index in [1.165, 1.54) is 0 Å². The van der Waals surface area contributed by atoms with Crippen LogP contribution in [0.5, 0.6) is 0 Å². The van der Waals surface area contributed by atoms with E-state index in [1.54, 1.807) is 14.0 Å². The number of rotatable bonds is 12. The van der Waals surface area contributed by atoms with Gasteiger partial charge >= 0.3 is 5.97 Å². The van der Waals surface area contributed by atoms with Gasteiger partial charge in [-0.2, -0.15) is 0 Å². The van der Waals surface area contributed by atoms with Gasteiger partial charge in [-0.1, -0.05) is 20.3 Å². The summed E-state index contributed by atoms with van der Waals surface area (Å²) >= 11 is 0. The number of nitrogens with zero attached hydrogens (tertiary/aromatic N) is 1. The summed E-state index contributed by atoms with van der Waals surface area (Å²) in [6, 6.07) is 0. The number of amides is 1. The predicted octanol–water partition coefficient (Wildman–Crippen LogP) is 0.962. The molecular weight excluding hydrogens is 260 g/mol. The molecule has 0 aliphatic rings. The molecule has 6 heteroatoms. The van der Waals surface area contributed by atoms with E-state index in [0.717, 1.165) is 19.3 Å². The minimum absolute atomic E-state index is 0.0477. The van der Waals surface area contributed by atoms with Crippen molar-refractivity contribution in [3.05, 3.63) is 0 Å². The van der Waals surface area contributed by atoms with E-state index in [9.17, 15) is 9.59 Å². The largest absolute Gasteiger partial charge is 0.481 e. The van der Waals surface area contributed by atoms with Crippen LogP contribution < -0.4 is 5.32 Å². The summed E-state index contributed by atoms with van der Waals surface area (Å²) in [5.41, 5.74) is 0. The van der Waals surface area contributed by atoms with Crippen molar-refractivity contribution in [2.45, 2.75) is 33.1 Å². The maximum Gasteiger partial charge on any atom is 0.307 e. The van der Waals surface area contributed by atoms with E-state index in [4.69, 9.17) is 9.84 Å². The Morgan fingerprint density at radius 2 is 2.05 bits per heavy atom. The zero-order chi connectivity index (χ0) is 15.4. The molecule has 2 N–H and O–H groups in total. The van der Waals surface area contributed by atoms with E-state index in [1.807, 2.05) is 4.90 Å². The fourth-order valence-corrected chi connectivity index (χ4v) is 1.80. The van der Waals surface area contributed by atoms with Crippen molar-refractivity contribution in [1.29, 1.82) is 0 Å². The van der Waals surface area contributed by atoms with Crippen LogP contribution in [-0.4, -0.2) is 61.8 Å². The Hall–Kier alpha value is -1.14. The zero-order valence-electron chi connectivity index (χ0n) is 12.9. The Balaban J connectivity index is 4.21. The van der Waals surface area contributed by atoms with Gasteiger partial charge in [0.15, 0.2) is 0 Å². The van der Waals surface area contributed by atoms with Crippen molar-refractivity contribution in [2.24, 2.45) is 5.92 Å². The number of hydrogen-bond acceptors (Lipinski definition) is 4. The number of carboxylic acids is 1. The highest BCUT2D eigenvalue weighted by Crippen LogP contribution is 2.02. The lowest BCUT2D eigenvalue weighted by Crippen LogP contribution is -2.41. The average Bonchev–Trinajstić information content (AvgIpc) is 2.39. The molecular formula is C14H28N2O4. The number of ether oxygens (including phenoxy) is 1. The summed E-state index contributed by atoms with van der Waals surface area (Å²) in [5, 5.41) is 11.8. The molecule has 0 aliphatic carbocycles. The monoisotopic (exact) mass is 288 g/mol. The second kappa shape index (κ2) is 11.7. The van der Waals surface area contributed by atoms with Gasteiger partial charge in [-0.05, 0) is 12.8 Å². The lowest BCUT2D eigenvalue weighted by molar-refractivity contribution is -0.142. The number of carbonyl (C=O) groups is 2. The molecule has 6 nitrogen and oxygen atoms in total. The van der Waals surface area contributed by atoms with Crippen LogP contribution in [0.2, 0.25) is 0 Å². The van der Waals surface area contributed by atoms with Crippen LogP contribution in [0, 0.1) is 5.92 Å². The van der Waals surface area contributed by atoms with Gasteiger partial charge in [-0.25, -0.2) is 0 Å². The third-order valence-electron chi connectivity index (χ3n) is 3.00. The molecule has 0 saturated heterocycles. The third-order valence-corrected chi connectivity index (χ3v) is 3.00. The minimum atomic E-state index is -0.840. The number of hydrogen-bond donors (Lipinski definition) is 2. The number of unbranched alkanes of at least 4 members (excludes halogenated alkanes) is 1. The summed E-state index contributed by atoms with van der Waals surface area (Å²) in [7, 11) is 1.63. The lowest BCUT2D eigenvalue weighted by Gasteiger charge is -2.23. The van der Waals surface area contributed by atoms with Crippen LogP contribution in [0.1, 0.15) is 33.1 Å². The summed E-state index contributed by atoms with van der Waals surface area (Å²) in [4.78, 5) is 24.6. The average molecular weight is 288 g/mol. The first-order valence-electron chi connectivity index (χ1n) is 7.22. The molecule has 1 unspecified atom stereocenters. The van der Waals surface area contributed by atoms with Crippen LogP contribution >= 0.6 is 0 Å². The van der Waals surface area contributed by atoms with Crippen LogP contribution in [0.25, 0.3) is 0 Å². The van der Waals surface area contributed by atoms with E-state index in [2.05, 4.69) is 12.2 Å². The lowest BCUT2D eigenvalue weighted by atomic mass is 10.1. The number of carbonyl (C=O) groups excluding carboxylic acids is 1. The van der Waals surface area contributed by atoms with Gasteiger partial charge < -0.3 is 15.2 Å². The Labute approximate surface area is 121 Å². The molecule has 0 radical (unpaired) electrons. The second-order valence-electron chi connectivity index (χ2n) is 5.02. The van der Waals surface area contributed by atoms with Crippen molar-refractivity contribution in [3.8, 4) is 0 Å². The first-order valence-corrected chi connectivity index (χ1v) is 7.22. The van der Waals surface area contributed by atoms with Gasteiger partial charge in [0.25, 0.3) is 0 Å². The van der Waals surface area contributed by atoms with Gasteiger partial charge in [0, 0.05) is 33.4 Å². The quantitative estimate of drug-likeness (QED) is 0.523. The number of carboxylic acid groups (broad SMARTS) is 1. The van der Waals surface area contributed by atoms with Crippen LogP contribution in [0.3, 0.4) is 0 Å². The van der Waals surface area contributed by atoms with Crippen molar-refractivity contribution < 1.29 is 19.4 Å². The smallest absolute Gasteiger partial charge is 0.307 e. The van der Waals surface area contributed by atoms with Gasteiger partial charge in [-0.3, -0.25) is 14.5 Å². The maximum atomic E-state index is 11.8. The zero-order valence-corrected chi connectivity index (χ0v) is 12.9. The molecule has 1 amide bonds. The van der Waals surface area contributed by atoms with Crippen molar-refractivity contribution in [1.82, 2.24) is 10.2 Å². The molecule has 0 aromatic heterocycles. The third kappa shape index (κ3) is 9.75. The first-order chi connectivity index (χ1) is 9.51. The molecule has 20 heavy (non-hydrogen) atoms. The molecule has 1 atom stereocenters. The molecule has 0 saturated carbocycles. The molecule has 0 fully saturated rings. The van der Waals surface area contributed by atoms with Crippen LogP contribution in [-0.2, 0) is 14.3 Å². The SMILES string of the molecule is CCCCNC(=O)CN(CCCOC)CC(C)C(=O)O. The highest BCUT2D eigenvalue weighted by molar-refractivity contribution is 5.78. The van der Waals surface area contributed by atoms with E-state index in [0.29, 0.717) is 26.2 Å². The summed E-state index contributed by atoms with van der Waals surface area (Å²) in [5.74, 6) is -1.37. The summed E-state index contributed by atoms with van der Waals surface area (Å²) in [6.45, 7) is 6.28. The number of aliphatic carboxylic acids is 1. The van der Waals surface area contributed by atoms with Crippen molar-refractivity contribution in [2.75, 3.05) is 39.9 Å². The summed E-state index contributed by atoms with van der Waals surface area (Å²) < 4.78 is 4.99. The van der Waals surface area contributed by atoms with Crippen LogP contribution in [0.4, 0.5) is 0 Å². The molecule has 118 valence electrons. The Morgan fingerprint density at radius 1 is 1.35 bits per heavy atom. The van der Waals surface area contributed by atoms with Crippen LogP contribution in [0.15, 0.2) is 0 Å². The summed E-state index contributed by atoms with van der Waals surface area (Å²) in [6.07, 6.45) is 2.78. The van der Waals surface area contributed by atoms with Gasteiger partial charge in [0.2, 0.25) is 5.91 Å². The number of methoxy groups -OCH3 is 1. The van der Waals surface area contributed by atoms with Gasteiger partial charge in [0.05, 0.1) is 12.5 Å². The fourth-order valence-electron chi connectivity index (χ4n) is 1.80. The topological polar surface area (TPSA) is 78.9 Å². The molecule has 0 bridgehead atoms. The number of nitrogens with one attached hydrogen (secondary N) is 1. The second-order valence-corrected chi connectivity index (χ2v) is 5.02. The highest BCUT2D eigenvalue weighted by Gasteiger charge is 2.18. The Kier molecular flexibility index (Phi) is 11.0. The van der Waals surface area contributed by atoms with Gasteiger partial charge in [0.1, 0.15) is 0 Å². The van der Waals surface area contributed by atoms with Crippen molar-refractivity contribution >= 4 is 11.9 Å². The van der Waals surface area contributed by atoms with Crippen molar-refractivity contribution in [3.63, 3.8) is 0 Å². The molecule has 0 aromatic rings. The molecule has 0 aliphatic heterocycles. The maximum absolute atomic E-state index is 11.8. The fraction of sp³-hybridized carbons (Fsp3) is 0.857. The van der Waals surface area contributed by atoms with Gasteiger partial charge in [-0.15, -0.1) is 0 Å². The molecule has 0 spiro atoms. The molecule has 0 rings (SSSR count). The molecule has 0 aromatic carbocycles. The Bertz CT molecular complexity index is 284. The predicted molar refractivity (Wildman–Crippen MR) is 77.7 cm³/mol. The molecule has 0 heterocycles. The normalized spacial score (nSPS) is 12.4. The standard InChI is InChI=1S/C14H28N2O4/c1-4-5-7-15-13(17)11-16(8-6-9-20-3)10-12(2)14(18)19/h12H,4-11H2,1-3H3,(H,15,17)(H,18,19). The Morgan fingerprint density at radius 3 is 2.60 bits per heavy atom. The van der Waals surface area contributed by atoms with E-state index in [-0.39, 0.29) is 12.5 Å².